The predicted molar refractivity (Wildman–Crippen MR) is 90.9 cm³/mol. The molecule has 0 radical (unpaired) electrons. The number of carbonyl (C=O) groups excluding carboxylic acids is 1. The fourth-order valence-corrected chi connectivity index (χ4v) is 3.45. The molecule has 0 spiro atoms. The Morgan fingerprint density at radius 1 is 1.27 bits per heavy atom. The van der Waals surface area contributed by atoms with Crippen LogP contribution in [0.25, 0.3) is 10.6 Å². The van der Waals surface area contributed by atoms with Crippen LogP contribution in [-0.4, -0.2) is 22.4 Å². The number of aromatic nitrogens is 2. The number of hydrogen-bond donors (Lipinski definition) is 1. The molecule has 5 heteroatoms. The Hall–Kier alpha value is -1.75. The zero-order valence-electron chi connectivity index (χ0n) is 13.4. The van der Waals surface area contributed by atoms with E-state index in [0.717, 1.165) is 35.5 Å². The Morgan fingerprint density at radius 3 is 2.59 bits per heavy atom. The molecule has 2 aromatic rings. The first-order chi connectivity index (χ1) is 10.7. The molecule has 0 aromatic carbocycles. The second kappa shape index (κ2) is 8.03. The number of nitrogens with one attached hydrogen (secondary N) is 1. The first kappa shape index (κ1) is 16.6. The fraction of sp³-hybridized carbons (Fsp3) is 0.471. The van der Waals surface area contributed by atoms with E-state index < -0.39 is 0 Å². The van der Waals surface area contributed by atoms with Crippen molar-refractivity contribution in [1.29, 1.82) is 0 Å². The van der Waals surface area contributed by atoms with Gasteiger partial charge >= 0.3 is 0 Å². The lowest BCUT2D eigenvalue weighted by Crippen LogP contribution is -2.31. The summed E-state index contributed by atoms with van der Waals surface area (Å²) in [4.78, 5) is 21.9. The van der Waals surface area contributed by atoms with Gasteiger partial charge < -0.3 is 5.32 Å². The summed E-state index contributed by atoms with van der Waals surface area (Å²) >= 11 is 1.69. The first-order valence-corrected chi connectivity index (χ1v) is 8.61. The van der Waals surface area contributed by atoms with Crippen LogP contribution in [0.15, 0.2) is 24.5 Å². The molecule has 0 saturated carbocycles. The van der Waals surface area contributed by atoms with E-state index in [9.17, 15) is 4.79 Å². The van der Waals surface area contributed by atoms with E-state index in [1.807, 2.05) is 19.1 Å². The van der Waals surface area contributed by atoms with Gasteiger partial charge in [-0.2, -0.15) is 0 Å². The van der Waals surface area contributed by atoms with Crippen LogP contribution in [0.3, 0.4) is 0 Å². The molecule has 1 N–H and O–H groups in total. The Morgan fingerprint density at radius 2 is 1.95 bits per heavy atom. The molecule has 0 atom stereocenters. The Bertz CT molecular complexity index is 606. The maximum Gasteiger partial charge on any atom is 0.223 e. The van der Waals surface area contributed by atoms with Crippen LogP contribution in [0.1, 0.15) is 37.3 Å². The van der Waals surface area contributed by atoms with Gasteiger partial charge in [0.15, 0.2) is 0 Å². The average molecular weight is 317 g/mol. The highest BCUT2D eigenvalue weighted by molar-refractivity contribution is 7.15. The fourth-order valence-electron chi connectivity index (χ4n) is 2.38. The third-order valence-electron chi connectivity index (χ3n) is 3.83. The average Bonchev–Trinajstić information content (AvgIpc) is 2.91. The molecule has 0 fully saturated rings. The van der Waals surface area contributed by atoms with E-state index in [1.165, 1.54) is 4.88 Å². The van der Waals surface area contributed by atoms with Crippen LogP contribution < -0.4 is 5.32 Å². The van der Waals surface area contributed by atoms with Crippen molar-refractivity contribution in [3.63, 3.8) is 0 Å². The molecule has 0 aliphatic rings. The molecule has 118 valence electrons. The third-order valence-corrected chi connectivity index (χ3v) is 5.09. The van der Waals surface area contributed by atoms with E-state index in [2.05, 4.69) is 29.1 Å². The zero-order chi connectivity index (χ0) is 15.9. The minimum absolute atomic E-state index is 0.134. The van der Waals surface area contributed by atoms with Gasteiger partial charge in [0.2, 0.25) is 5.91 Å². The van der Waals surface area contributed by atoms with Crippen molar-refractivity contribution < 1.29 is 4.79 Å². The molecule has 2 heterocycles. The highest BCUT2D eigenvalue weighted by Crippen LogP contribution is 2.27. The molecular weight excluding hydrogens is 294 g/mol. The summed E-state index contributed by atoms with van der Waals surface area (Å²) in [7, 11) is 0. The summed E-state index contributed by atoms with van der Waals surface area (Å²) in [6, 6.07) is 3.94. The minimum Gasteiger partial charge on any atom is -0.356 e. The number of nitrogens with zero attached hydrogens (tertiary/aromatic N) is 2. The number of aryl methyl sites for hydroxylation is 1. The Kier molecular flexibility index (Phi) is 6.07. The van der Waals surface area contributed by atoms with Crippen molar-refractivity contribution in [3.8, 4) is 10.6 Å². The molecule has 2 aromatic heterocycles. The van der Waals surface area contributed by atoms with E-state index in [4.69, 9.17) is 0 Å². The highest BCUT2D eigenvalue weighted by Gasteiger charge is 2.14. The van der Waals surface area contributed by atoms with E-state index in [1.54, 1.807) is 23.7 Å². The third kappa shape index (κ3) is 4.13. The topological polar surface area (TPSA) is 54.9 Å². The molecule has 0 aliphatic heterocycles. The molecule has 0 unspecified atom stereocenters. The van der Waals surface area contributed by atoms with Gasteiger partial charge in [-0.1, -0.05) is 13.8 Å². The molecule has 4 nitrogen and oxygen atoms in total. The number of thiazole rings is 1. The van der Waals surface area contributed by atoms with Crippen LogP contribution >= 0.6 is 11.3 Å². The summed E-state index contributed by atoms with van der Waals surface area (Å²) in [6.45, 7) is 6.82. The zero-order valence-corrected chi connectivity index (χ0v) is 14.2. The van der Waals surface area contributed by atoms with E-state index >= 15 is 0 Å². The molecule has 1 amide bonds. The van der Waals surface area contributed by atoms with Gasteiger partial charge in [0.05, 0.1) is 5.69 Å². The quantitative estimate of drug-likeness (QED) is 0.849. The molecule has 0 bridgehead atoms. The van der Waals surface area contributed by atoms with Gasteiger partial charge in [0.1, 0.15) is 5.01 Å². The van der Waals surface area contributed by atoms with Crippen molar-refractivity contribution in [2.75, 3.05) is 6.54 Å². The maximum absolute atomic E-state index is 12.0. The summed E-state index contributed by atoms with van der Waals surface area (Å²) in [5.74, 6) is 0.302. The predicted octanol–water partition coefficient (Wildman–Crippen LogP) is 3.61. The summed E-state index contributed by atoms with van der Waals surface area (Å²) in [5, 5.41) is 4.05. The normalized spacial score (nSPS) is 10.9. The monoisotopic (exact) mass is 317 g/mol. The first-order valence-electron chi connectivity index (χ1n) is 7.80. The lowest BCUT2D eigenvalue weighted by molar-refractivity contribution is -0.125. The number of pyridine rings is 1. The van der Waals surface area contributed by atoms with Crippen LogP contribution in [0.5, 0.6) is 0 Å². The van der Waals surface area contributed by atoms with Crippen LogP contribution in [0.2, 0.25) is 0 Å². The molecule has 22 heavy (non-hydrogen) atoms. The van der Waals surface area contributed by atoms with Crippen molar-refractivity contribution in [2.45, 2.75) is 40.0 Å². The van der Waals surface area contributed by atoms with Crippen molar-refractivity contribution in [2.24, 2.45) is 5.92 Å². The Balaban J connectivity index is 1.94. The summed E-state index contributed by atoms with van der Waals surface area (Å²) in [6.07, 6.45) is 6.19. The number of rotatable bonds is 7. The number of carbonyl (C=O) groups is 1. The maximum atomic E-state index is 12.0. The van der Waals surface area contributed by atoms with Crippen molar-refractivity contribution in [1.82, 2.24) is 15.3 Å². The largest absolute Gasteiger partial charge is 0.356 e. The smallest absolute Gasteiger partial charge is 0.223 e. The molecule has 2 rings (SSSR count). The van der Waals surface area contributed by atoms with Gasteiger partial charge in [-0.05, 0) is 31.9 Å². The number of amides is 1. The van der Waals surface area contributed by atoms with Crippen molar-refractivity contribution >= 4 is 17.2 Å². The second-order valence-electron chi connectivity index (χ2n) is 5.32. The van der Waals surface area contributed by atoms with Gasteiger partial charge in [0.25, 0.3) is 0 Å². The van der Waals surface area contributed by atoms with Gasteiger partial charge in [0, 0.05) is 41.7 Å². The molecule has 0 aliphatic carbocycles. The lowest BCUT2D eigenvalue weighted by Gasteiger charge is -2.12. The summed E-state index contributed by atoms with van der Waals surface area (Å²) in [5.41, 5.74) is 2.14. The highest BCUT2D eigenvalue weighted by atomic mass is 32.1. The standard InChI is InChI=1S/C17H23N3OS/c1-4-13(5-2)16(21)19-11-8-15-12(3)20-17(22-15)14-6-9-18-10-7-14/h6-7,9-10,13H,4-5,8,11H2,1-3H3,(H,19,21). The van der Waals surface area contributed by atoms with Crippen LogP contribution in [0.4, 0.5) is 0 Å². The SMILES string of the molecule is CCC(CC)C(=O)NCCc1sc(-c2ccncc2)nc1C. The van der Waals surface area contributed by atoms with Gasteiger partial charge in [-0.25, -0.2) is 4.98 Å². The van der Waals surface area contributed by atoms with Gasteiger partial charge in [-0.3, -0.25) is 9.78 Å². The van der Waals surface area contributed by atoms with E-state index in [0.29, 0.717) is 6.54 Å². The number of hydrogen-bond acceptors (Lipinski definition) is 4. The molecule has 0 saturated heterocycles. The molecular formula is C17H23N3OS. The lowest BCUT2D eigenvalue weighted by atomic mass is 10.0. The summed E-state index contributed by atoms with van der Waals surface area (Å²) < 4.78 is 0. The van der Waals surface area contributed by atoms with Crippen LogP contribution in [-0.2, 0) is 11.2 Å². The van der Waals surface area contributed by atoms with E-state index in [-0.39, 0.29) is 11.8 Å². The second-order valence-corrected chi connectivity index (χ2v) is 6.40. The van der Waals surface area contributed by atoms with Gasteiger partial charge in [-0.15, -0.1) is 11.3 Å². The van der Waals surface area contributed by atoms with Crippen molar-refractivity contribution in [3.05, 3.63) is 35.1 Å². The minimum atomic E-state index is 0.134. The Labute approximate surface area is 136 Å². The van der Waals surface area contributed by atoms with Crippen LogP contribution in [0, 0.1) is 12.8 Å².